The van der Waals surface area contributed by atoms with E-state index in [1.54, 1.807) is 0 Å². The molecule has 0 atom stereocenters. The Morgan fingerprint density at radius 3 is 1.84 bits per heavy atom. The van der Waals surface area contributed by atoms with Gasteiger partial charge in [0.15, 0.2) is 5.71 Å². The first-order chi connectivity index (χ1) is 17.7. The summed E-state index contributed by atoms with van der Waals surface area (Å²) in [7, 11) is -0.252. The highest BCUT2D eigenvalue weighted by Crippen LogP contribution is 2.51. The Labute approximate surface area is 225 Å². The molecule has 0 radical (unpaired) electrons. The van der Waals surface area contributed by atoms with Crippen LogP contribution in [-0.4, -0.2) is 29.0 Å². The van der Waals surface area contributed by atoms with Crippen LogP contribution in [0.25, 0.3) is 21.5 Å². The van der Waals surface area contributed by atoms with Crippen molar-refractivity contribution in [2.45, 2.75) is 38.5 Å². The van der Waals surface area contributed by atoms with Crippen LogP contribution >= 0.6 is 0 Å². The predicted molar refractivity (Wildman–Crippen MR) is 144 cm³/mol. The van der Waals surface area contributed by atoms with E-state index in [9.17, 15) is 0 Å². The molecule has 0 amide bonds. The van der Waals surface area contributed by atoms with E-state index in [0.29, 0.717) is 0 Å². The zero-order valence-corrected chi connectivity index (χ0v) is 23.2. The molecular formula is C31H32ClN2O4+. The summed E-state index contributed by atoms with van der Waals surface area (Å²) < 4.78 is 35.1. The number of likely N-dealkylation sites (N-methyl/N-ethyl adjacent to an activating group) is 1. The minimum Gasteiger partial charge on any atom is -0.347 e. The lowest BCUT2D eigenvalue weighted by molar-refractivity contribution is -1.92. The van der Waals surface area contributed by atoms with Crippen LogP contribution in [0.4, 0.5) is 11.4 Å². The first kappa shape index (κ1) is 26.4. The molecule has 2 aliphatic heterocycles. The number of nitrogens with zero attached hydrogens (tertiary/aromatic N) is 2. The smallest absolute Gasteiger partial charge is 0.210 e. The fraction of sp³-hybridized carbons (Fsp3) is 0.258. The van der Waals surface area contributed by atoms with Crippen molar-refractivity contribution in [3.05, 3.63) is 95.7 Å². The largest absolute Gasteiger partial charge is 0.347 e. The molecular weight excluding hydrogens is 500 g/mol. The summed E-state index contributed by atoms with van der Waals surface area (Å²) in [6.45, 7) is 9.49. The number of halogens is 1. The maximum absolute atomic E-state index is 8.60. The average Bonchev–Trinajstić information content (AvgIpc) is 3.17. The Morgan fingerprint density at radius 1 is 0.763 bits per heavy atom. The van der Waals surface area contributed by atoms with Gasteiger partial charge in [-0.05, 0) is 53.1 Å². The van der Waals surface area contributed by atoms with Gasteiger partial charge in [0.05, 0.1) is 20.3 Å². The number of hydrogen-bond acceptors (Lipinski definition) is 5. The summed E-state index contributed by atoms with van der Waals surface area (Å²) in [5.74, 6) is 0. The van der Waals surface area contributed by atoms with E-state index >= 15 is 0 Å². The Bertz CT molecular complexity index is 1640. The molecule has 0 unspecified atom stereocenters. The van der Waals surface area contributed by atoms with Crippen molar-refractivity contribution in [2.24, 2.45) is 0 Å². The highest BCUT2D eigenvalue weighted by Gasteiger charge is 2.47. The van der Waals surface area contributed by atoms with Gasteiger partial charge in [-0.15, -0.1) is 0 Å². The minimum atomic E-state index is -4.69. The first-order valence-electron chi connectivity index (χ1n) is 12.5. The fourth-order valence-corrected chi connectivity index (χ4v) is 6.43. The van der Waals surface area contributed by atoms with Gasteiger partial charge >= 0.3 is 0 Å². The molecule has 0 aliphatic carbocycles. The Balaban J connectivity index is 0.000000540. The predicted octanol–water partition coefficient (Wildman–Crippen LogP) is 3.19. The van der Waals surface area contributed by atoms with Crippen LogP contribution in [0.1, 0.15) is 38.8 Å². The maximum Gasteiger partial charge on any atom is 0.210 e. The van der Waals surface area contributed by atoms with Gasteiger partial charge in [-0.1, -0.05) is 68.4 Å². The third-order valence-corrected chi connectivity index (χ3v) is 8.06. The number of benzene rings is 4. The van der Waals surface area contributed by atoms with Crippen LogP contribution in [0, 0.1) is 10.2 Å². The standard InChI is InChI=1S/C31H31N2.ClHO4/c1-30(2)26(32(5)24-17-15-20-11-7-9-13-22(20)28(24)30)19-27-31(3,4)29-23-14-10-8-12-21(23)16-18-25(29)33(27)6;2-1(3,4)5/h7-19H,1-6H3;(H,2,3,4,5)/q+1;. The summed E-state index contributed by atoms with van der Waals surface area (Å²) in [6, 6.07) is 26.6. The molecule has 0 aromatic heterocycles. The van der Waals surface area contributed by atoms with Gasteiger partial charge < -0.3 is 4.90 Å². The quantitative estimate of drug-likeness (QED) is 0.381. The third kappa shape index (κ3) is 4.19. The summed E-state index contributed by atoms with van der Waals surface area (Å²) in [6.07, 6.45) is 2.46. The van der Waals surface area contributed by atoms with Gasteiger partial charge in [0.25, 0.3) is 0 Å². The normalized spacial score (nSPS) is 18.6. The molecule has 4 aromatic rings. The van der Waals surface area contributed by atoms with E-state index in [1.807, 2.05) is 0 Å². The molecule has 0 fully saturated rings. The Morgan fingerprint density at radius 2 is 1.26 bits per heavy atom. The molecule has 4 aromatic carbocycles. The van der Waals surface area contributed by atoms with Crippen molar-refractivity contribution in [3.8, 4) is 0 Å². The molecule has 0 saturated carbocycles. The van der Waals surface area contributed by atoms with Crippen molar-refractivity contribution in [2.75, 3.05) is 19.0 Å². The van der Waals surface area contributed by atoms with Crippen LogP contribution in [0.5, 0.6) is 0 Å². The summed E-state index contributed by atoms with van der Waals surface area (Å²) in [5, 5.41) is 5.33. The van der Waals surface area contributed by atoms with Crippen LogP contribution in [0.15, 0.2) is 84.6 Å². The van der Waals surface area contributed by atoms with E-state index in [-0.39, 0.29) is 10.8 Å². The number of hydrogen-bond donors (Lipinski definition) is 1. The molecule has 0 bridgehead atoms. The zero-order valence-electron chi connectivity index (χ0n) is 22.4. The molecule has 0 saturated heterocycles. The summed E-state index contributed by atoms with van der Waals surface area (Å²) in [4.78, 5) is 2.40. The van der Waals surface area contributed by atoms with Gasteiger partial charge in [0.1, 0.15) is 7.05 Å². The first-order valence-corrected chi connectivity index (χ1v) is 13.7. The van der Waals surface area contributed by atoms with Crippen LogP contribution in [-0.2, 0) is 10.8 Å². The Hall–Kier alpha value is -3.26. The number of anilines is 1. The van der Waals surface area contributed by atoms with E-state index in [1.165, 1.54) is 55.5 Å². The molecule has 196 valence electrons. The fourth-order valence-electron chi connectivity index (χ4n) is 6.43. The van der Waals surface area contributed by atoms with E-state index < -0.39 is 10.2 Å². The number of fused-ring (bicyclic) bond motifs is 6. The highest BCUT2D eigenvalue weighted by atomic mass is 35.7. The summed E-state index contributed by atoms with van der Waals surface area (Å²) in [5.41, 5.74) is 7.99. The van der Waals surface area contributed by atoms with E-state index in [0.717, 1.165) is 0 Å². The molecule has 1 N–H and O–H groups in total. The molecule has 2 aliphatic rings. The van der Waals surface area contributed by atoms with Crippen molar-refractivity contribution in [1.29, 1.82) is 0 Å². The SMILES string of the molecule is CN1C(=CC2=[N+](C)c3ccc4ccccc4c3C2(C)C)C(C)(C)c2c1ccc1ccccc21.[O-][Cl+3]([O-])([O-])O. The molecule has 2 heterocycles. The lowest BCUT2D eigenvalue weighted by Gasteiger charge is -2.26. The second kappa shape index (κ2) is 8.90. The summed E-state index contributed by atoms with van der Waals surface area (Å²) >= 11 is 0. The monoisotopic (exact) mass is 531 g/mol. The third-order valence-electron chi connectivity index (χ3n) is 8.06. The average molecular weight is 532 g/mol. The number of rotatable bonds is 1. The van der Waals surface area contributed by atoms with E-state index in [2.05, 4.69) is 130 Å². The van der Waals surface area contributed by atoms with Gasteiger partial charge in [-0.25, -0.2) is 0 Å². The second-order valence-electron chi connectivity index (χ2n) is 11.0. The van der Waals surface area contributed by atoms with Crippen LogP contribution < -0.4 is 18.9 Å². The topological polar surface area (TPSA) is 95.7 Å². The van der Waals surface area contributed by atoms with Crippen molar-refractivity contribution < 1.29 is 33.5 Å². The zero-order chi connectivity index (χ0) is 27.6. The maximum atomic E-state index is 8.60. The lowest BCUT2D eigenvalue weighted by atomic mass is 9.76. The molecule has 6 rings (SSSR count). The second-order valence-corrected chi connectivity index (χ2v) is 11.8. The Kier molecular flexibility index (Phi) is 6.17. The highest BCUT2D eigenvalue weighted by molar-refractivity contribution is 6.09. The molecule has 38 heavy (non-hydrogen) atoms. The molecule has 6 nitrogen and oxygen atoms in total. The van der Waals surface area contributed by atoms with E-state index in [4.69, 9.17) is 18.6 Å². The van der Waals surface area contributed by atoms with Crippen molar-refractivity contribution in [3.63, 3.8) is 0 Å². The van der Waals surface area contributed by atoms with Gasteiger partial charge in [-0.2, -0.15) is 18.6 Å². The molecule has 7 heteroatoms. The minimum absolute atomic E-state index is 0.0916. The van der Waals surface area contributed by atoms with Gasteiger partial charge in [0, 0.05) is 41.6 Å². The van der Waals surface area contributed by atoms with Crippen molar-refractivity contribution in [1.82, 2.24) is 0 Å². The van der Waals surface area contributed by atoms with Gasteiger partial charge in [-0.3, -0.25) is 0 Å². The lowest BCUT2D eigenvalue weighted by Crippen LogP contribution is -2.58. The van der Waals surface area contributed by atoms with Crippen molar-refractivity contribution >= 4 is 38.6 Å². The van der Waals surface area contributed by atoms with Crippen LogP contribution in [0.2, 0.25) is 0 Å². The van der Waals surface area contributed by atoms with Gasteiger partial charge in [0.2, 0.25) is 5.69 Å². The molecule has 0 spiro atoms. The number of allylic oxidation sites excluding steroid dienone is 2. The van der Waals surface area contributed by atoms with Crippen LogP contribution in [0.3, 0.4) is 0 Å².